The highest BCUT2D eigenvalue weighted by molar-refractivity contribution is 6.73. The lowest BCUT2D eigenvalue weighted by Gasteiger charge is -2.30. The zero-order valence-corrected chi connectivity index (χ0v) is 36.5. The van der Waals surface area contributed by atoms with Gasteiger partial charge in [0, 0.05) is 66.7 Å². The van der Waals surface area contributed by atoms with Gasteiger partial charge in [-0.2, -0.15) is 0 Å². The van der Waals surface area contributed by atoms with E-state index in [0.29, 0.717) is 0 Å². The lowest BCUT2D eigenvalue weighted by molar-refractivity contribution is 1.18. The minimum atomic E-state index is 0.795. The first-order valence-electron chi connectivity index (χ1n) is 22.8. The van der Waals surface area contributed by atoms with E-state index < -0.39 is 0 Å². The van der Waals surface area contributed by atoms with E-state index in [1.807, 2.05) is 0 Å². The van der Waals surface area contributed by atoms with E-state index in [4.69, 9.17) is 0 Å². The average molecular weight is 843 g/mol. The van der Waals surface area contributed by atoms with Gasteiger partial charge < -0.3 is 19.4 Å². The molecule has 3 heterocycles. The first-order chi connectivity index (χ1) is 32.7. The molecule has 0 atom stereocenters. The van der Waals surface area contributed by atoms with Crippen LogP contribution < -0.4 is 21.1 Å². The molecule has 66 heavy (non-hydrogen) atoms. The Bertz CT molecular complexity index is 3780. The van der Waals surface area contributed by atoms with Crippen molar-refractivity contribution < 1.29 is 0 Å². The van der Waals surface area contributed by atoms with Crippen molar-refractivity contribution in [1.29, 1.82) is 0 Å². The molecule has 310 valence electrons. The average Bonchev–Trinajstić information content (AvgIpc) is 3.90. The van der Waals surface area contributed by atoms with Crippen molar-refractivity contribution in [2.24, 2.45) is 0 Å². The van der Waals surface area contributed by atoms with E-state index in [0.717, 1.165) is 52.5 Å². The van der Waals surface area contributed by atoms with Crippen LogP contribution in [0.1, 0.15) is 5.56 Å². The van der Waals surface area contributed by atoms with Gasteiger partial charge in [0.25, 0.3) is 0 Å². The van der Waals surface area contributed by atoms with Gasteiger partial charge in [0.05, 0.1) is 22.2 Å². The molecule has 1 N–H and O–H groups in total. The number of fused-ring (bicyclic) bond motifs is 8. The normalized spacial score (nSPS) is 11.8. The lowest BCUT2D eigenvalue weighted by atomic mass is 9.59. The Morgan fingerprint density at radius 3 is 1.77 bits per heavy atom. The summed E-state index contributed by atoms with van der Waals surface area (Å²) in [4.78, 5) is 2.41. The van der Waals surface area contributed by atoms with Gasteiger partial charge in [0.1, 0.15) is 0 Å². The molecule has 0 saturated heterocycles. The molecular weight excluding hydrogens is 800 g/mol. The highest BCUT2D eigenvalue weighted by atomic mass is 15.1. The molecule has 0 saturated carbocycles. The molecule has 13 rings (SSSR count). The molecule has 12 aromatic rings. The van der Waals surface area contributed by atoms with Gasteiger partial charge in [-0.3, -0.25) is 0 Å². The van der Waals surface area contributed by atoms with Crippen LogP contribution in [0.2, 0.25) is 0 Å². The molecule has 0 aliphatic carbocycles. The van der Waals surface area contributed by atoms with Gasteiger partial charge >= 0.3 is 0 Å². The first-order valence-corrected chi connectivity index (χ1v) is 22.8. The minimum absolute atomic E-state index is 0.795. The number of nitrogens with zero attached hydrogens (tertiary/aromatic N) is 3. The highest BCUT2D eigenvalue weighted by Crippen LogP contribution is 2.46. The summed E-state index contributed by atoms with van der Waals surface area (Å²) in [6, 6.07) is 84.0. The predicted octanol–water partition coefficient (Wildman–Crippen LogP) is 14.4. The van der Waals surface area contributed by atoms with Crippen LogP contribution in [0, 0.1) is 6.92 Å². The molecule has 0 unspecified atom stereocenters. The van der Waals surface area contributed by atoms with Gasteiger partial charge in [-0.1, -0.05) is 157 Å². The van der Waals surface area contributed by atoms with E-state index in [-0.39, 0.29) is 0 Å². The Labute approximate surface area is 384 Å². The fraction of sp³-hybridized carbons (Fsp3) is 0.0164. The number of para-hydroxylation sites is 6. The smallest absolute Gasteiger partial charge is 0.198 e. The van der Waals surface area contributed by atoms with E-state index >= 15 is 0 Å². The summed E-state index contributed by atoms with van der Waals surface area (Å²) >= 11 is 0. The summed E-state index contributed by atoms with van der Waals surface area (Å²) in [7, 11) is 0.795. The summed E-state index contributed by atoms with van der Waals surface area (Å²) < 4.78 is 4.96. The third-order valence-electron chi connectivity index (χ3n) is 13.6. The minimum Gasteiger partial charge on any atom is -0.354 e. The molecule has 1 aliphatic rings. The number of nitrogens with one attached hydrogen (secondary N) is 1. The maximum atomic E-state index is 4.17. The molecule has 10 aromatic carbocycles. The Hall–Kier alpha value is -8.54. The molecule has 0 bridgehead atoms. The monoisotopic (exact) mass is 842 g/mol. The molecule has 0 spiro atoms. The van der Waals surface area contributed by atoms with Crippen LogP contribution >= 0.6 is 0 Å². The quantitative estimate of drug-likeness (QED) is 0.154. The largest absolute Gasteiger partial charge is 0.354 e. The fourth-order valence-corrected chi connectivity index (χ4v) is 10.7. The van der Waals surface area contributed by atoms with E-state index in [2.05, 4.69) is 257 Å². The fourth-order valence-electron chi connectivity index (χ4n) is 10.7. The maximum Gasteiger partial charge on any atom is 0.198 e. The van der Waals surface area contributed by atoms with Crippen molar-refractivity contribution in [3.05, 3.63) is 236 Å². The second-order valence-corrected chi connectivity index (χ2v) is 17.4. The van der Waals surface area contributed by atoms with Crippen LogP contribution in [0.4, 0.5) is 28.4 Å². The number of anilines is 5. The number of aromatic nitrogens is 2. The Morgan fingerprint density at radius 2 is 1.06 bits per heavy atom. The molecule has 1 aliphatic heterocycles. The summed E-state index contributed by atoms with van der Waals surface area (Å²) in [6.07, 6.45) is 0. The summed E-state index contributed by atoms with van der Waals surface area (Å²) in [5, 5.41) is 9.10. The lowest BCUT2D eigenvalue weighted by Crippen LogP contribution is -2.37. The van der Waals surface area contributed by atoms with E-state index in [1.54, 1.807) is 0 Å². The Kier molecular flexibility index (Phi) is 8.82. The maximum absolute atomic E-state index is 4.17. The van der Waals surface area contributed by atoms with Gasteiger partial charge in [-0.25, -0.2) is 0 Å². The second kappa shape index (κ2) is 15.3. The molecular formula is C61H43BN4. The van der Waals surface area contributed by atoms with Crippen molar-refractivity contribution in [2.45, 2.75) is 6.92 Å². The molecule has 4 nitrogen and oxygen atoms in total. The highest BCUT2D eigenvalue weighted by Gasteiger charge is 2.29. The van der Waals surface area contributed by atoms with Crippen molar-refractivity contribution in [3.63, 3.8) is 0 Å². The van der Waals surface area contributed by atoms with Crippen LogP contribution in [0.5, 0.6) is 0 Å². The molecule has 0 radical (unpaired) electrons. The number of aryl methyl sites for hydroxylation is 1. The summed E-state index contributed by atoms with van der Waals surface area (Å²) in [6.45, 7) is 2.22. The van der Waals surface area contributed by atoms with Crippen LogP contribution in [0.3, 0.4) is 0 Å². The van der Waals surface area contributed by atoms with Gasteiger partial charge in [0.15, 0.2) is 7.28 Å². The van der Waals surface area contributed by atoms with Crippen molar-refractivity contribution in [1.82, 2.24) is 9.13 Å². The van der Waals surface area contributed by atoms with E-state index in [9.17, 15) is 0 Å². The van der Waals surface area contributed by atoms with Gasteiger partial charge in [0.2, 0.25) is 0 Å². The van der Waals surface area contributed by atoms with Gasteiger partial charge in [-0.15, -0.1) is 0 Å². The van der Waals surface area contributed by atoms with Crippen molar-refractivity contribution >= 4 is 90.3 Å². The Morgan fingerprint density at radius 1 is 0.439 bits per heavy atom. The second-order valence-electron chi connectivity index (χ2n) is 17.4. The SMILES string of the molecule is Cc1cc(-c2ccccc2)ccc1Nc1c(-c2cc(N(c3ccccc3)c3ccccc3)cc3c2Bc2cccc4c5ccccc5n-3c24)ccc2c1c1ccccc1n2-c1ccccc1. The summed E-state index contributed by atoms with van der Waals surface area (Å²) in [5.74, 6) is 0. The predicted molar refractivity (Wildman–Crippen MR) is 282 cm³/mol. The van der Waals surface area contributed by atoms with Crippen LogP contribution in [-0.2, 0) is 0 Å². The van der Waals surface area contributed by atoms with E-state index in [1.165, 1.54) is 77.0 Å². The third kappa shape index (κ3) is 6.01. The third-order valence-corrected chi connectivity index (χ3v) is 13.6. The number of hydrogen-bond acceptors (Lipinski definition) is 2. The zero-order chi connectivity index (χ0) is 43.7. The number of hydrogen-bond donors (Lipinski definition) is 1. The van der Waals surface area contributed by atoms with Crippen LogP contribution in [0.15, 0.2) is 231 Å². The van der Waals surface area contributed by atoms with Crippen molar-refractivity contribution in [2.75, 3.05) is 10.2 Å². The Balaban J connectivity index is 1.14. The van der Waals surface area contributed by atoms with Crippen LogP contribution in [0.25, 0.3) is 77.2 Å². The molecule has 5 heteroatoms. The molecule has 0 amide bonds. The van der Waals surface area contributed by atoms with Crippen LogP contribution in [-0.4, -0.2) is 16.4 Å². The summed E-state index contributed by atoms with van der Waals surface area (Å²) in [5.41, 5.74) is 21.1. The molecule has 0 fully saturated rings. The van der Waals surface area contributed by atoms with Gasteiger partial charge in [-0.05, 0) is 114 Å². The number of rotatable bonds is 8. The topological polar surface area (TPSA) is 25.1 Å². The zero-order valence-electron chi connectivity index (χ0n) is 36.5. The standard InChI is InChI=1S/C61H43BN4/c1-40-37-42(41-19-6-2-7-20-41)33-35-53(40)63-60-48(34-36-56-58(60)50-28-15-17-32-55(50)65(56)45-25-12-5-13-26-45)51-38-46(64(43-21-8-3-9-22-43)44-23-10-4-11-24-44)39-57-59(51)62-52-30-18-29-49-47-27-14-16-31-54(47)66(57)61(49)52/h2-39,62-63H,1H3. The van der Waals surface area contributed by atoms with Crippen molar-refractivity contribution in [3.8, 4) is 33.6 Å². The number of benzene rings is 10. The first kappa shape index (κ1) is 38.0. The molecule has 2 aromatic heterocycles.